The summed E-state index contributed by atoms with van der Waals surface area (Å²) in [5, 5.41) is 18.0. The molecule has 3 heterocycles. The molecule has 0 amide bonds. The second kappa shape index (κ2) is 6.66. The molecule has 1 atom stereocenters. The minimum Gasteiger partial charge on any atom is -0.381 e. The van der Waals surface area contributed by atoms with Crippen LogP contribution in [-0.4, -0.2) is 29.0 Å². The number of nitrogens with one attached hydrogen (secondary N) is 1. The predicted octanol–water partition coefficient (Wildman–Crippen LogP) is 3.21. The fourth-order valence-electron chi connectivity index (χ4n) is 3.95. The minimum atomic E-state index is 0.396. The quantitative estimate of drug-likeness (QED) is 0.783. The molecule has 1 fully saturated rings. The number of hydrogen-bond acceptors (Lipinski definition) is 4. The van der Waals surface area contributed by atoms with Crippen LogP contribution in [0.5, 0.6) is 0 Å². The first-order chi connectivity index (χ1) is 13.3. The van der Waals surface area contributed by atoms with Gasteiger partial charge in [-0.2, -0.15) is 10.4 Å². The summed E-state index contributed by atoms with van der Waals surface area (Å²) < 4.78 is 7.52. The standard InChI is InChI=1S/C22H20N4O/c23-10-15-5-4-8-17(9-15)22-21(16-6-2-1-3-7-16)20-11-24-19(12-26(20)25-22)18-13-27-14-18/h1-9,18-19,24H,11-14H2. The van der Waals surface area contributed by atoms with E-state index in [-0.39, 0.29) is 0 Å². The van der Waals surface area contributed by atoms with Crippen molar-refractivity contribution in [1.29, 1.82) is 5.26 Å². The van der Waals surface area contributed by atoms with Gasteiger partial charge in [-0.1, -0.05) is 42.5 Å². The molecule has 5 nitrogen and oxygen atoms in total. The van der Waals surface area contributed by atoms with Crippen LogP contribution in [0.2, 0.25) is 0 Å². The number of aromatic nitrogens is 2. The molecule has 0 bridgehead atoms. The normalized spacial score (nSPS) is 19.1. The first-order valence-electron chi connectivity index (χ1n) is 9.30. The average molecular weight is 356 g/mol. The maximum Gasteiger partial charge on any atom is 0.100 e. The molecular weight excluding hydrogens is 336 g/mol. The van der Waals surface area contributed by atoms with Gasteiger partial charge in [0.2, 0.25) is 0 Å². The Kier molecular flexibility index (Phi) is 4.01. The summed E-state index contributed by atoms with van der Waals surface area (Å²) in [6.07, 6.45) is 0. The number of hydrogen-bond donors (Lipinski definition) is 1. The van der Waals surface area contributed by atoms with Gasteiger partial charge in [0, 0.05) is 29.6 Å². The Balaban J connectivity index is 1.64. The smallest absolute Gasteiger partial charge is 0.100 e. The van der Waals surface area contributed by atoms with Crippen molar-refractivity contribution in [2.24, 2.45) is 5.92 Å². The van der Waals surface area contributed by atoms with Crippen LogP contribution in [0.15, 0.2) is 54.6 Å². The van der Waals surface area contributed by atoms with Gasteiger partial charge < -0.3 is 10.1 Å². The fourth-order valence-corrected chi connectivity index (χ4v) is 3.95. The fraction of sp³-hybridized carbons (Fsp3) is 0.273. The van der Waals surface area contributed by atoms with E-state index in [0.717, 1.165) is 48.7 Å². The molecule has 0 saturated carbocycles. The topological polar surface area (TPSA) is 62.9 Å². The van der Waals surface area contributed by atoms with Gasteiger partial charge >= 0.3 is 0 Å². The van der Waals surface area contributed by atoms with Gasteiger partial charge in [0.05, 0.1) is 37.1 Å². The molecule has 5 heteroatoms. The summed E-state index contributed by atoms with van der Waals surface area (Å²) in [6.45, 7) is 3.30. The largest absolute Gasteiger partial charge is 0.381 e. The van der Waals surface area contributed by atoms with Gasteiger partial charge in [0.1, 0.15) is 5.69 Å². The molecule has 27 heavy (non-hydrogen) atoms. The summed E-state index contributed by atoms with van der Waals surface area (Å²) in [5.41, 5.74) is 6.10. The SMILES string of the molecule is N#Cc1cccc(-c2nn3c(c2-c2ccccc2)CNC(C2COC2)C3)c1. The van der Waals surface area contributed by atoms with E-state index in [4.69, 9.17) is 9.84 Å². The maximum atomic E-state index is 9.29. The lowest BCUT2D eigenvalue weighted by Gasteiger charge is -2.37. The molecule has 1 saturated heterocycles. The van der Waals surface area contributed by atoms with Crippen LogP contribution >= 0.6 is 0 Å². The van der Waals surface area contributed by atoms with Gasteiger partial charge in [0.25, 0.3) is 0 Å². The van der Waals surface area contributed by atoms with Gasteiger partial charge in [-0.25, -0.2) is 0 Å². The van der Waals surface area contributed by atoms with Crippen molar-refractivity contribution < 1.29 is 4.74 Å². The number of nitrogens with zero attached hydrogens (tertiary/aromatic N) is 3. The second-order valence-electron chi connectivity index (χ2n) is 7.20. The molecule has 2 aliphatic heterocycles. The molecule has 2 aromatic carbocycles. The van der Waals surface area contributed by atoms with Crippen molar-refractivity contribution >= 4 is 0 Å². The van der Waals surface area contributed by atoms with Gasteiger partial charge in [-0.15, -0.1) is 0 Å². The zero-order valence-corrected chi connectivity index (χ0v) is 14.9. The third-order valence-corrected chi connectivity index (χ3v) is 5.52. The Hall–Kier alpha value is -2.94. The van der Waals surface area contributed by atoms with Crippen LogP contribution < -0.4 is 5.32 Å². The van der Waals surface area contributed by atoms with E-state index in [1.54, 1.807) is 0 Å². The molecule has 0 spiro atoms. The average Bonchev–Trinajstić information content (AvgIpc) is 3.06. The van der Waals surface area contributed by atoms with Crippen LogP contribution in [0.4, 0.5) is 0 Å². The summed E-state index contributed by atoms with van der Waals surface area (Å²) in [6, 6.07) is 20.7. The van der Waals surface area contributed by atoms with E-state index in [0.29, 0.717) is 17.5 Å². The van der Waals surface area contributed by atoms with Crippen molar-refractivity contribution in [1.82, 2.24) is 15.1 Å². The first kappa shape index (κ1) is 16.2. The molecule has 1 aromatic heterocycles. The highest BCUT2D eigenvalue weighted by molar-refractivity contribution is 5.83. The molecule has 0 radical (unpaired) electrons. The highest BCUT2D eigenvalue weighted by atomic mass is 16.5. The number of benzene rings is 2. The number of ether oxygens (including phenoxy) is 1. The summed E-state index contributed by atoms with van der Waals surface area (Å²) in [4.78, 5) is 0. The lowest BCUT2D eigenvalue weighted by atomic mass is 9.94. The molecule has 1 unspecified atom stereocenters. The minimum absolute atomic E-state index is 0.396. The molecular formula is C22H20N4O. The summed E-state index contributed by atoms with van der Waals surface area (Å²) in [5.74, 6) is 0.563. The Morgan fingerprint density at radius 2 is 1.89 bits per heavy atom. The van der Waals surface area contributed by atoms with E-state index in [2.05, 4.69) is 40.3 Å². The van der Waals surface area contributed by atoms with Crippen LogP contribution in [0.3, 0.4) is 0 Å². The Morgan fingerprint density at radius 3 is 2.63 bits per heavy atom. The summed E-state index contributed by atoms with van der Waals surface area (Å²) in [7, 11) is 0. The molecule has 3 aromatic rings. The number of fused-ring (bicyclic) bond motifs is 1. The number of nitriles is 1. The molecule has 134 valence electrons. The van der Waals surface area contributed by atoms with Crippen molar-refractivity contribution in [2.75, 3.05) is 13.2 Å². The number of rotatable bonds is 3. The maximum absolute atomic E-state index is 9.29. The van der Waals surface area contributed by atoms with Crippen molar-refractivity contribution in [3.63, 3.8) is 0 Å². The second-order valence-corrected chi connectivity index (χ2v) is 7.20. The Morgan fingerprint density at radius 1 is 1.07 bits per heavy atom. The van der Waals surface area contributed by atoms with Crippen LogP contribution in [0.1, 0.15) is 11.3 Å². The van der Waals surface area contributed by atoms with Crippen LogP contribution in [-0.2, 0) is 17.8 Å². The third-order valence-electron chi connectivity index (χ3n) is 5.52. The van der Waals surface area contributed by atoms with Crippen molar-refractivity contribution in [2.45, 2.75) is 19.1 Å². The van der Waals surface area contributed by atoms with Crippen LogP contribution in [0, 0.1) is 17.2 Å². The third kappa shape index (κ3) is 2.84. The Bertz CT molecular complexity index is 1010. The van der Waals surface area contributed by atoms with E-state index in [1.165, 1.54) is 5.69 Å². The van der Waals surface area contributed by atoms with Gasteiger partial charge in [-0.05, 0) is 17.7 Å². The van der Waals surface area contributed by atoms with Crippen molar-refractivity contribution in [3.8, 4) is 28.5 Å². The zero-order valence-electron chi connectivity index (χ0n) is 14.9. The van der Waals surface area contributed by atoms with Crippen molar-refractivity contribution in [3.05, 3.63) is 65.9 Å². The molecule has 5 rings (SSSR count). The van der Waals surface area contributed by atoms with E-state index in [9.17, 15) is 5.26 Å². The summed E-state index contributed by atoms with van der Waals surface area (Å²) >= 11 is 0. The molecule has 0 aliphatic carbocycles. The van der Waals surface area contributed by atoms with E-state index < -0.39 is 0 Å². The van der Waals surface area contributed by atoms with Crippen LogP contribution in [0.25, 0.3) is 22.4 Å². The monoisotopic (exact) mass is 356 g/mol. The lowest BCUT2D eigenvalue weighted by Crippen LogP contribution is -2.51. The predicted molar refractivity (Wildman–Crippen MR) is 103 cm³/mol. The highest BCUT2D eigenvalue weighted by Crippen LogP contribution is 2.36. The first-order valence-corrected chi connectivity index (χ1v) is 9.30. The lowest BCUT2D eigenvalue weighted by molar-refractivity contribution is -0.0550. The highest BCUT2D eigenvalue weighted by Gasteiger charge is 2.33. The molecule has 2 aliphatic rings. The van der Waals surface area contributed by atoms with E-state index in [1.807, 2.05) is 30.3 Å². The van der Waals surface area contributed by atoms with E-state index >= 15 is 0 Å². The Labute approximate surface area is 158 Å². The molecule has 1 N–H and O–H groups in total. The zero-order chi connectivity index (χ0) is 18.2. The van der Waals surface area contributed by atoms with Gasteiger partial charge in [0.15, 0.2) is 0 Å². The van der Waals surface area contributed by atoms with Gasteiger partial charge in [-0.3, -0.25) is 4.68 Å².